The van der Waals surface area contributed by atoms with E-state index in [1.807, 2.05) is 0 Å². The van der Waals surface area contributed by atoms with Crippen molar-refractivity contribution >= 4 is 17.9 Å². The maximum atomic E-state index is 10.9. The zero-order valence-electron chi connectivity index (χ0n) is 8.60. The highest BCUT2D eigenvalue weighted by Crippen LogP contribution is 2.16. The van der Waals surface area contributed by atoms with Crippen molar-refractivity contribution in [2.45, 2.75) is 25.4 Å². The molecule has 1 unspecified atom stereocenters. The summed E-state index contributed by atoms with van der Waals surface area (Å²) < 4.78 is 4.41. The molecule has 0 saturated heterocycles. The van der Waals surface area contributed by atoms with E-state index in [4.69, 9.17) is 10.2 Å². The van der Waals surface area contributed by atoms with E-state index >= 15 is 0 Å². The van der Waals surface area contributed by atoms with Crippen LogP contribution in [0.5, 0.6) is 0 Å². The molecule has 0 aliphatic rings. The summed E-state index contributed by atoms with van der Waals surface area (Å²) in [4.78, 5) is 31.8. The van der Waals surface area contributed by atoms with E-state index in [0.717, 1.165) is 0 Å². The standard InChI is InChI=1S/C8H12O7.H2O/c1-2-15-6(11)4-8(14,7(12)13)3-5(9)10;/h14H,2-4H2,1H3,(H,9,10)(H,12,13);1H2. The molecule has 0 bridgehead atoms. The van der Waals surface area contributed by atoms with Crippen molar-refractivity contribution in [2.75, 3.05) is 6.61 Å². The monoisotopic (exact) mass is 238 g/mol. The predicted octanol–water partition coefficient (Wildman–Crippen LogP) is -1.59. The highest BCUT2D eigenvalue weighted by Gasteiger charge is 2.41. The third-order valence-corrected chi connectivity index (χ3v) is 1.58. The van der Waals surface area contributed by atoms with Crippen molar-refractivity contribution in [3.05, 3.63) is 0 Å². The fourth-order valence-corrected chi connectivity index (χ4v) is 0.915. The van der Waals surface area contributed by atoms with Gasteiger partial charge in [-0.1, -0.05) is 0 Å². The van der Waals surface area contributed by atoms with Crippen LogP contribution in [-0.4, -0.2) is 50.9 Å². The molecule has 8 nitrogen and oxygen atoms in total. The summed E-state index contributed by atoms with van der Waals surface area (Å²) in [6, 6.07) is 0. The van der Waals surface area contributed by atoms with Gasteiger partial charge in [0.15, 0.2) is 5.60 Å². The molecule has 1 atom stereocenters. The third kappa shape index (κ3) is 5.27. The Morgan fingerprint density at radius 1 is 1.19 bits per heavy atom. The van der Waals surface area contributed by atoms with Gasteiger partial charge in [-0.15, -0.1) is 0 Å². The maximum absolute atomic E-state index is 10.9. The van der Waals surface area contributed by atoms with E-state index in [2.05, 4.69) is 4.74 Å². The van der Waals surface area contributed by atoms with Crippen molar-refractivity contribution in [3.8, 4) is 0 Å². The lowest BCUT2D eigenvalue weighted by atomic mass is 9.96. The number of rotatable bonds is 6. The molecule has 0 aliphatic carbocycles. The van der Waals surface area contributed by atoms with Crippen LogP contribution in [0.15, 0.2) is 0 Å². The first kappa shape index (κ1) is 16.7. The van der Waals surface area contributed by atoms with E-state index in [9.17, 15) is 19.5 Å². The minimum Gasteiger partial charge on any atom is -0.481 e. The Kier molecular flexibility index (Phi) is 7.06. The number of esters is 1. The minimum atomic E-state index is -2.61. The van der Waals surface area contributed by atoms with Crippen LogP contribution in [0, 0.1) is 0 Å². The lowest BCUT2D eigenvalue weighted by Gasteiger charge is -2.19. The molecule has 16 heavy (non-hydrogen) atoms. The average molecular weight is 238 g/mol. The van der Waals surface area contributed by atoms with Crippen LogP contribution in [0.25, 0.3) is 0 Å². The smallest absolute Gasteiger partial charge is 0.336 e. The molecule has 0 aromatic carbocycles. The van der Waals surface area contributed by atoms with Crippen LogP contribution in [0.1, 0.15) is 19.8 Å². The van der Waals surface area contributed by atoms with Crippen LogP contribution >= 0.6 is 0 Å². The van der Waals surface area contributed by atoms with Gasteiger partial charge in [0.05, 0.1) is 19.4 Å². The van der Waals surface area contributed by atoms with Gasteiger partial charge < -0.3 is 25.5 Å². The Morgan fingerprint density at radius 3 is 2.00 bits per heavy atom. The van der Waals surface area contributed by atoms with Crippen LogP contribution in [0.2, 0.25) is 0 Å². The van der Waals surface area contributed by atoms with Gasteiger partial charge in [0.1, 0.15) is 0 Å². The fraction of sp³-hybridized carbons (Fsp3) is 0.625. The summed E-state index contributed by atoms with van der Waals surface area (Å²) in [5, 5.41) is 26.3. The van der Waals surface area contributed by atoms with E-state index in [-0.39, 0.29) is 12.1 Å². The number of ether oxygens (including phenoxy) is 1. The molecule has 0 aromatic heterocycles. The Balaban J connectivity index is 0. The quantitative estimate of drug-likeness (QED) is 0.471. The molecule has 0 aromatic rings. The zero-order valence-corrected chi connectivity index (χ0v) is 8.60. The fourth-order valence-electron chi connectivity index (χ4n) is 0.915. The minimum absolute atomic E-state index is 0. The van der Waals surface area contributed by atoms with Gasteiger partial charge in [-0.25, -0.2) is 4.79 Å². The summed E-state index contributed by atoms with van der Waals surface area (Å²) in [5.41, 5.74) is -2.61. The summed E-state index contributed by atoms with van der Waals surface area (Å²) in [5.74, 6) is -4.23. The first-order valence-corrected chi connectivity index (χ1v) is 4.15. The number of carboxylic acid groups (broad SMARTS) is 2. The first-order valence-electron chi connectivity index (χ1n) is 4.15. The maximum Gasteiger partial charge on any atom is 0.336 e. The lowest BCUT2D eigenvalue weighted by molar-refractivity contribution is -0.171. The third-order valence-electron chi connectivity index (χ3n) is 1.58. The first-order chi connectivity index (χ1) is 6.81. The number of aliphatic hydroxyl groups is 1. The highest BCUT2D eigenvalue weighted by molar-refractivity contribution is 5.88. The molecular weight excluding hydrogens is 224 g/mol. The Hall–Kier alpha value is -1.67. The van der Waals surface area contributed by atoms with Crippen LogP contribution in [0.3, 0.4) is 0 Å². The Labute approximate surface area is 90.8 Å². The second kappa shape index (κ2) is 6.75. The molecule has 94 valence electrons. The zero-order chi connectivity index (χ0) is 12.1. The number of hydrogen-bond donors (Lipinski definition) is 3. The van der Waals surface area contributed by atoms with Gasteiger partial charge in [-0.05, 0) is 6.92 Å². The van der Waals surface area contributed by atoms with Gasteiger partial charge in [0.25, 0.3) is 0 Å². The lowest BCUT2D eigenvalue weighted by Crippen LogP contribution is -2.43. The van der Waals surface area contributed by atoms with Crippen molar-refractivity contribution in [2.24, 2.45) is 0 Å². The molecule has 0 radical (unpaired) electrons. The molecule has 5 N–H and O–H groups in total. The van der Waals surface area contributed by atoms with Crippen molar-refractivity contribution in [1.82, 2.24) is 0 Å². The van der Waals surface area contributed by atoms with Gasteiger partial charge in [0.2, 0.25) is 0 Å². The van der Waals surface area contributed by atoms with Gasteiger partial charge in [-0.3, -0.25) is 9.59 Å². The molecule has 0 fully saturated rings. The summed E-state index contributed by atoms with van der Waals surface area (Å²) in [6.45, 7) is 1.54. The van der Waals surface area contributed by atoms with E-state index < -0.39 is 36.4 Å². The van der Waals surface area contributed by atoms with Crippen LogP contribution in [0.4, 0.5) is 0 Å². The summed E-state index contributed by atoms with van der Waals surface area (Å²) in [7, 11) is 0. The molecule has 8 heteroatoms. The van der Waals surface area contributed by atoms with Crippen molar-refractivity contribution in [3.63, 3.8) is 0 Å². The van der Waals surface area contributed by atoms with Crippen molar-refractivity contribution < 1.29 is 39.9 Å². The Bertz CT molecular complexity index is 273. The molecule has 0 aliphatic heterocycles. The number of carbonyl (C=O) groups is 3. The average Bonchev–Trinajstić information content (AvgIpc) is 2.01. The molecule has 0 rings (SSSR count). The van der Waals surface area contributed by atoms with Gasteiger partial charge in [0, 0.05) is 0 Å². The van der Waals surface area contributed by atoms with E-state index in [1.165, 1.54) is 6.92 Å². The Morgan fingerprint density at radius 2 is 1.69 bits per heavy atom. The summed E-state index contributed by atoms with van der Waals surface area (Å²) >= 11 is 0. The highest BCUT2D eigenvalue weighted by atomic mass is 16.5. The number of aliphatic carboxylic acids is 2. The van der Waals surface area contributed by atoms with Crippen LogP contribution < -0.4 is 0 Å². The van der Waals surface area contributed by atoms with Gasteiger partial charge in [-0.2, -0.15) is 0 Å². The molecule has 0 spiro atoms. The molecular formula is C8H14O8. The predicted molar refractivity (Wildman–Crippen MR) is 49.7 cm³/mol. The molecule has 0 heterocycles. The molecule has 0 amide bonds. The largest absolute Gasteiger partial charge is 0.481 e. The molecule has 0 saturated carbocycles. The number of carbonyl (C=O) groups excluding carboxylic acids is 1. The SMILES string of the molecule is CCOC(=O)CC(O)(CC(=O)O)C(=O)O.O. The summed E-state index contributed by atoms with van der Waals surface area (Å²) in [6.07, 6.45) is -1.94. The normalized spacial score (nSPS) is 13.1. The number of carboxylic acids is 2. The number of hydrogen-bond acceptors (Lipinski definition) is 5. The second-order valence-corrected chi connectivity index (χ2v) is 2.89. The topological polar surface area (TPSA) is 153 Å². The van der Waals surface area contributed by atoms with E-state index in [1.54, 1.807) is 0 Å². The van der Waals surface area contributed by atoms with Crippen molar-refractivity contribution in [1.29, 1.82) is 0 Å². The van der Waals surface area contributed by atoms with Crippen LogP contribution in [-0.2, 0) is 19.1 Å². The second-order valence-electron chi connectivity index (χ2n) is 2.89. The van der Waals surface area contributed by atoms with E-state index in [0.29, 0.717) is 0 Å². The van der Waals surface area contributed by atoms with Gasteiger partial charge >= 0.3 is 17.9 Å².